The van der Waals surface area contributed by atoms with Crippen LogP contribution in [0, 0.1) is 5.92 Å². The van der Waals surface area contributed by atoms with E-state index in [1.54, 1.807) is 0 Å². The largest absolute Gasteiger partial charge is 0.384 e. The monoisotopic (exact) mass is 249 g/mol. The van der Waals surface area contributed by atoms with E-state index in [4.69, 9.17) is 4.74 Å². The quantitative estimate of drug-likeness (QED) is 0.814. The molecule has 0 bridgehead atoms. The number of nitrogens with zero attached hydrogens (tertiary/aromatic N) is 1. The molecule has 0 saturated carbocycles. The van der Waals surface area contributed by atoms with Gasteiger partial charge in [-0.05, 0) is 25.8 Å². The average Bonchev–Trinajstić information content (AvgIpc) is 2.80. The molecule has 4 heteroatoms. The molecule has 2 atom stereocenters. The van der Waals surface area contributed by atoms with Crippen molar-refractivity contribution in [3.63, 3.8) is 0 Å². The zero-order chi connectivity index (χ0) is 12.8. The van der Waals surface area contributed by atoms with Crippen molar-refractivity contribution < 1.29 is 4.74 Å². The van der Waals surface area contributed by atoms with Crippen LogP contribution in [-0.2, 0) is 4.74 Å². The summed E-state index contributed by atoms with van der Waals surface area (Å²) in [7, 11) is 0. The number of rotatable bonds is 6. The fourth-order valence-electron chi connectivity index (χ4n) is 2.20. The third kappa shape index (κ3) is 3.60. The highest BCUT2D eigenvalue weighted by atomic mass is 16.5. The first-order chi connectivity index (χ1) is 8.79. The van der Waals surface area contributed by atoms with Gasteiger partial charge in [0.25, 0.3) is 0 Å². The highest BCUT2D eigenvalue weighted by Gasteiger charge is 2.23. The Labute approximate surface area is 109 Å². The summed E-state index contributed by atoms with van der Waals surface area (Å²) in [5.41, 5.74) is 2.16. The van der Waals surface area contributed by atoms with Gasteiger partial charge in [0.15, 0.2) is 0 Å². The van der Waals surface area contributed by atoms with Gasteiger partial charge in [0.1, 0.15) is 0 Å². The van der Waals surface area contributed by atoms with Gasteiger partial charge >= 0.3 is 0 Å². The second-order valence-corrected chi connectivity index (χ2v) is 4.89. The van der Waals surface area contributed by atoms with Crippen molar-refractivity contribution in [1.29, 1.82) is 0 Å². The molecule has 0 amide bonds. The first kappa shape index (κ1) is 13.1. The molecule has 1 aliphatic rings. The Hall–Kier alpha value is -1.29. The van der Waals surface area contributed by atoms with Crippen LogP contribution in [0.15, 0.2) is 18.5 Å². The lowest BCUT2D eigenvalue weighted by atomic mass is 10.0. The molecule has 0 radical (unpaired) electrons. The zero-order valence-electron chi connectivity index (χ0n) is 11.3. The maximum Gasteiger partial charge on any atom is 0.0592 e. The van der Waals surface area contributed by atoms with Crippen LogP contribution in [-0.4, -0.2) is 30.8 Å². The molecule has 0 aliphatic carbocycles. The Morgan fingerprint density at radius 1 is 1.33 bits per heavy atom. The maximum absolute atomic E-state index is 5.56. The summed E-state index contributed by atoms with van der Waals surface area (Å²) in [6.07, 6.45) is 6.37. The topological polar surface area (TPSA) is 46.2 Å². The Bertz CT molecular complexity index is 370. The summed E-state index contributed by atoms with van der Waals surface area (Å²) >= 11 is 0. The number of pyridine rings is 1. The molecular formula is C14H23N3O. The first-order valence-electron chi connectivity index (χ1n) is 6.84. The minimum absolute atomic E-state index is 0.367. The predicted octanol–water partition coefficient (Wildman–Crippen LogP) is 2.74. The molecule has 2 unspecified atom stereocenters. The van der Waals surface area contributed by atoms with Crippen molar-refractivity contribution >= 4 is 11.4 Å². The third-order valence-electron chi connectivity index (χ3n) is 3.42. The molecule has 2 N–H and O–H groups in total. The number of nitrogens with one attached hydrogen (secondary N) is 2. The van der Waals surface area contributed by atoms with Crippen LogP contribution in [0.4, 0.5) is 11.4 Å². The molecule has 1 aromatic rings. The Morgan fingerprint density at radius 2 is 2.11 bits per heavy atom. The van der Waals surface area contributed by atoms with Crippen molar-refractivity contribution in [1.82, 2.24) is 4.98 Å². The molecule has 2 rings (SSSR count). The second kappa shape index (κ2) is 6.59. The normalized spacial score (nSPS) is 23.0. The van der Waals surface area contributed by atoms with Crippen molar-refractivity contribution in [2.45, 2.75) is 32.8 Å². The molecular weight excluding hydrogens is 226 g/mol. The van der Waals surface area contributed by atoms with E-state index < -0.39 is 0 Å². The van der Waals surface area contributed by atoms with Gasteiger partial charge in [0, 0.05) is 25.6 Å². The van der Waals surface area contributed by atoms with Gasteiger partial charge in [-0.1, -0.05) is 6.92 Å². The summed E-state index contributed by atoms with van der Waals surface area (Å²) in [6.45, 7) is 7.14. The highest BCUT2D eigenvalue weighted by molar-refractivity contribution is 5.53. The van der Waals surface area contributed by atoms with Crippen LogP contribution >= 0.6 is 0 Å². The summed E-state index contributed by atoms with van der Waals surface area (Å²) in [4.78, 5) is 4.25. The van der Waals surface area contributed by atoms with Crippen LogP contribution in [0.1, 0.15) is 26.7 Å². The summed E-state index contributed by atoms with van der Waals surface area (Å²) < 4.78 is 5.56. The van der Waals surface area contributed by atoms with Gasteiger partial charge in [-0.15, -0.1) is 0 Å². The van der Waals surface area contributed by atoms with Gasteiger partial charge in [-0.3, -0.25) is 4.98 Å². The molecule has 1 saturated heterocycles. The van der Waals surface area contributed by atoms with Gasteiger partial charge in [-0.25, -0.2) is 0 Å². The van der Waals surface area contributed by atoms with Crippen LogP contribution < -0.4 is 10.6 Å². The van der Waals surface area contributed by atoms with Gasteiger partial charge < -0.3 is 15.4 Å². The average molecular weight is 249 g/mol. The van der Waals surface area contributed by atoms with Crippen LogP contribution in [0.3, 0.4) is 0 Å². The fraction of sp³-hybridized carbons (Fsp3) is 0.643. The molecule has 100 valence electrons. The zero-order valence-corrected chi connectivity index (χ0v) is 11.3. The molecule has 1 fully saturated rings. The first-order valence-corrected chi connectivity index (χ1v) is 6.84. The third-order valence-corrected chi connectivity index (χ3v) is 3.42. The van der Waals surface area contributed by atoms with E-state index >= 15 is 0 Å². The number of aromatic nitrogens is 1. The lowest BCUT2D eigenvalue weighted by Crippen LogP contribution is -2.20. The van der Waals surface area contributed by atoms with Crippen molar-refractivity contribution in [2.24, 2.45) is 5.92 Å². The minimum Gasteiger partial charge on any atom is -0.384 e. The Morgan fingerprint density at radius 3 is 2.78 bits per heavy atom. The lowest BCUT2D eigenvalue weighted by molar-refractivity contribution is 0.108. The number of hydrogen-bond acceptors (Lipinski definition) is 4. The Balaban J connectivity index is 1.84. The molecule has 18 heavy (non-hydrogen) atoms. The van der Waals surface area contributed by atoms with Crippen molar-refractivity contribution in [3.8, 4) is 0 Å². The number of hydrogen-bond donors (Lipinski definition) is 2. The van der Waals surface area contributed by atoms with Crippen LogP contribution in [0.2, 0.25) is 0 Å². The van der Waals surface area contributed by atoms with E-state index in [2.05, 4.69) is 35.5 Å². The van der Waals surface area contributed by atoms with Gasteiger partial charge in [0.2, 0.25) is 0 Å². The van der Waals surface area contributed by atoms with Gasteiger partial charge in [-0.2, -0.15) is 0 Å². The summed E-state index contributed by atoms with van der Waals surface area (Å²) in [5.74, 6) is 0.609. The number of anilines is 2. The lowest BCUT2D eigenvalue weighted by Gasteiger charge is -2.16. The smallest absolute Gasteiger partial charge is 0.0592 e. The highest BCUT2D eigenvalue weighted by Crippen LogP contribution is 2.21. The SMILES string of the molecule is CCCNc1cncc(NCC2CCOC2C)c1. The standard InChI is InChI=1S/C14H23N3O/c1-3-5-16-13-7-14(10-15-9-13)17-8-12-4-6-18-11(12)2/h7,9-12,16-17H,3-6,8H2,1-2H3. The van der Waals surface area contributed by atoms with Crippen molar-refractivity contribution in [3.05, 3.63) is 18.5 Å². The van der Waals surface area contributed by atoms with E-state index in [9.17, 15) is 0 Å². The van der Waals surface area contributed by atoms with Crippen LogP contribution in [0.25, 0.3) is 0 Å². The summed E-state index contributed by atoms with van der Waals surface area (Å²) in [6, 6.07) is 2.11. The minimum atomic E-state index is 0.367. The van der Waals surface area contributed by atoms with Crippen LogP contribution in [0.5, 0.6) is 0 Å². The summed E-state index contributed by atoms with van der Waals surface area (Å²) in [5, 5.41) is 6.80. The van der Waals surface area contributed by atoms with E-state index in [0.717, 1.165) is 43.9 Å². The predicted molar refractivity (Wildman–Crippen MR) is 75.0 cm³/mol. The molecule has 2 heterocycles. The fourth-order valence-corrected chi connectivity index (χ4v) is 2.20. The molecule has 4 nitrogen and oxygen atoms in total. The van der Waals surface area contributed by atoms with E-state index in [-0.39, 0.29) is 0 Å². The maximum atomic E-state index is 5.56. The number of ether oxygens (including phenoxy) is 1. The molecule has 1 aromatic heterocycles. The van der Waals surface area contributed by atoms with E-state index in [1.807, 2.05) is 12.4 Å². The van der Waals surface area contributed by atoms with E-state index in [0.29, 0.717) is 12.0 Å². The van der Waals surface area contributed by atoms with Gasteiger partial charge in [0.05, 0.1) is 29.9 Å². The van der Waals surface area contributed by atoms with Crippen molar-refractivity contribution in [2.75, 3.05) is 30.3 Å². The molecule has 1 aliphatic heterocycles. The Kier molecular flexibility index (Phi) is 4.81. The van der Waals surface area contributed by atoms with E-state index in [1.165, 1.54) is 0 Å². The second-order valence-electron chi connectivity index (χ2n) is 4.89. The molecule has 0 aromatic carbocycles. The molecule has 0 spiro atoms.